The number of nitrogens with zero attached hydrogens (tertiary/aromatic N) is 1. The van der Waals surface area contributed by atoms with Gasteiger partial charge < -0.3 is 5.32 Å². The van der Waals surface area contributed by atoms with Gasteiger partial charge in [0.1, 0.15) is 5.82 Å². The van der Waals surface area contributed by atoms with Crippen molar-refractivity contribution in [1.29, 1.82) is 0 Å². The van der Waals surface area contributed by atoms with Crippen molar-refractivity contribution >= 4 is 39.0 Å². The number of aryl methyl sites for hydroxylation is 3. The monoisotopic (exact) mass is 364 g/mol. The highest BCUT2D eigenvalue weighted by molar-refractivity contribution is 9.10. The van der Waals surface area contributed by atoms with Gasteiger partial charge in [-0.25, -0.2) is 4.98 Å². The van der Waals surface area contributed by atoms with Crippen LogP contribution in [0, 0.1) is 6.92 Å². The van der Waals surface area contributed by atoms with Gasteiger partial charge in [-0.2, -0.15) is 0 Å². The maximum Gasteiger partial charge on any atom is 0.266 e. The molecular formula is C16H17BrN2OS. The normalized spacial score (nSPS) is 14.4. The standard InChI is InChI=1S/C16H17BrN2OS/c1-10-7-12(17)9-18-15(10)19-16(20)14-8-11-5-3-2-4-6-13(11)21-14/h7-9H,2-6H2,1H3,(H,18,19,20). The lowest BCUT2D eigenvalue weighted by Crippen LogP contribution is -2.12. The van der Waals surface area contributed by atoms with Gasteiger partial charge in [-0.3, -0.25) is 4.79 Å². The van der Waals surface area contributed by atoms with Crippen LogP contribution in [0.15, 0.2) is 22.8 Å². The zero-order valence-electron chi connectivity index (χ0n) is 11.9. The summed E-state index contributed by atoms with van der Waals surface area (Å²) in [6, 6.07) is 4.01. The molecule has 1 aliphatic rings. The van der Waals surface area contributed by atoms with Gasteiger partial charge in [0.25, 0.3) is 5.91 Å². The summed E-state index contributed by atoms with van der Waals surface area (Å²) in [7, 11) is 0. The quantitative estimate of drug-likeness (QED) is 0.782. The Morgan fingerprint density at radius 3 is 2.90 bits per heavy atom. The molecule has 2 aromatic rings. The Morgan fingerprint density at radius 1 is 1.29 bits per heavy atom. The van der Waals surface area contributed by atoms with E-state index in [-0.39, 0.29) is 5.91 Å². The number of carbonyl (C=O) groups is 1. The molecule has 2 heterocycles. The summed E-state index contributed by atoms with van der Waals surface area (Å²) in [5, 5.41) is 2.92. The van der Waals surface area contributed by atoms with Crippen molar-refractivity contribution < 1.29 is 4.79 Å². The van der Waals surface area contributed by atoms with Gasteiger partial charge in [-0.05, 0) is 71.8 Å². The molecule has 110 valence electrons. The number of carbonyl (C=O) groups excluding carboxylic acids is 1. The number of thiophene rings is 1. The number of pyridine rings is 1. The largest absolute Gasteiger partial charge is 0.306 e. The lowest BCUT2D eigenvalue weighted by Gasteiger charge is -2.06. The van der Waals surface area contributed by atoms with Gasteiger partial charge >= 0.3 is 0 Å². The van der Waals surface area contributed by atoms with E-state index in [4.69, 9.17) is 0 Å². The Kier molecular flexibility index (Phi) is 4.40. The second-order valence-corrected chi connectivity index (χ2v) is 7.45. The number of hydrogen-bond donors (Lipinski definition) is 1. The van der Waals surface area contributed by atoms with Gasteiger partial charge in [0.2, 0.25) is 0 Å². The molecule has 5 heteroatoms. The van der Waals surface area contributed by atoms with Crippen molar-refractivity contribution in [1.82, 2.24) is 4.98 Å². The molecule has 1 N–H and O–H groups in total. The average Bonchev–Trinajstić information content (AvgIpc) is 2.73. The van der Waals surface area contributed by atoms with Crippen LogP contribution < -0.4 is 5.32 Å². The molecule has 1 aliphatic carbocycles. The number of hydrogen-bond acceptors (Lipinski definition) is 3. The van der Waals surface area contributed by atoms with Crippen molar-refractivity contribution in [2.75, 3.05) is 5.32 Å². The molecule has 0 saturated heterocycles. The maximum absolute atomic E-state index is 12.4. The fourth-order valence-electron chi connectivity index (χ4n) is 2.62. The molecule has 0 spiro atoms. The molecule has 1 amide bonds. The molecule has 0 aliphatic heterocycles. The highest BCUT2D eigenvalue weighted by atomic mass is 79.9. The van der Waals surface area contributed by atoms with Crippen LogP contribution in [0.4, 0.5) is 5.82 Å². The number of halogens is 1. The second kappa shape index (κ2) is 6.28. The third-order valence-electron chi connectivity index (χ3n) is 3.75. The van der Waals surface area contributed by atoms with Crippen molar-refractivity contribution in [3.05, 3.63) is 43.7 Å². The summed E-state index contributed by atoms with van der Waals surface area (Å²) >= 11 is 5.02. The zero-order chi connectivity index (χ0) is 14.8. The molecule has 0 bridgehead atoms. The van der Waals surface area contributed by atoms with Crippen LogP contribution in [-0.2, 0) is 12.8 Å². The van der Waals surface area contributed by atoms with E-state index in [1.807, 2.05) is 13.0 Å². The first-order chi connectivity index (χ1) is 10.1. The maximum atomic E-state index is 12.4. The Hall–Kier alpha value is -1.20. The Balaban J connectivity index is 1.79. The van der Waals surface area contributed by atoms with E-state index in [1.54, 1.807) is 17.5 Å². The summed E-state index contributed by atoms with van der Waals surface area (Å²) in [6.07, 6.45) is 7.69. The van der Waals surface area contributed by atoms with Gasteiger partial charge in [0, 0.05) is 15.5 Å². The minimum absolute atomic E-state index is 0.0500. The number of fused-ring (bicyclic) bond motifs is 1. The third-order valence-corrected chi connectivity index (χ3v) is 5.42. The highest BCUT2D eigenvalue weighted by Crippen LogP contribution is 2.29. The van der Waals surface area contributed by atoms with Crippen LogP contribution in [0.5, 0.6) is 0 Å². The van der Waals surface area contributed by atoms with Gasteiger partial charge in [0.05, 0.1) is 4.88 Å². The van der Waals surface area contributed by atoms with Crippen LogP contribution in [0.1, 0.15) is 44.9 Å². The molecule has 2 aromatic heterocycles. The lowest BCUT2D eigenvalue weighted by molar-refractivity contribution is 0.103. The molecule has 0 radical (unpaired) electrons. The van der Waals surface area contributed by atoms with Crippen LogP contribution in [0.2, 0.25) is 0 Å². The third kappa shape index (κ3) is 3.35. The van der Waals surface area contributed by atoms with Crippen LogP contribution >= 0.6 is 27.3 Å². The first-order valence-corrected chi connectivity index (χ1v) is 8.79. The van der Waals surface area contributed by atoms with Gasteiger partial charge in [-0.1, -0.05) is 6.42 Å². The van der Waals surface area contributed by atoms with Crippen molar-refractivity contribution in [3.63, 3.8) is 0 Å². The Bertz CT molecular complexity index is 657. The van der Waals surface area contributed by atoms with Crippen LogP contribution in [0.25, 0.3) is 0 Å². The zero-order valence-corrected chi connectivity index (χ0v) is 14.3. The number of rotatable bonds is 2. The molecule has 0 unspecified atom stereocenters. The van der Waals surface area contributed by atoms with E-state index in [9.17, 15) is 4.79 Å². The van der Waals surface area contributed by atoms with Crippen LogP contribution in [0.3, 0.4) is 0 Å². The summed E-state index contributed by atoms with van der Waals surface area (Å²) in [6.45, 7) is 1.94. The fraction of sp³-hybridized carbons (Fsp3) is 0.375. The SMILES string of the molecule is Cc1cc(Br)cnc1NC(=O)c1cc2c(s1)CCCCC2. The summed E-state index contributed by atoms with van der Waals surface area (Å²) in [5.74, 6) is 0.581. The minimum atomic E-state index is -0.0500. The molecule has 0 saturated carbocycles. The van der Waals surface area contributed by atoms with Crippen molar-refractivity contribution in [2.24, 2.45) is 0 Å². The first-order valence-electron chi connectivity index (χ1n) is 7.18. The smallest absolute Gasteiger partial charge is 0.266 e. The van der Waals surface area contributed by atoms with E-state index in [2.05, 4.69) is 32.3 Å². The summed E-state index contributed by atoms with van der Waals surface area (Å²) in [4.78, 5) is 18.9. The fourth-order valence-corrected chi connectivity index (χ4v) is 4.21. The lowest BCUT2D eigenvalue weighted by atomic mass is 10.1. The molecular weight excluding hydrogens is 348 g/mol. The second-order valence-electron chi connectivity index (χ2n) is 5.39. The van der Waals surface area contributed by atoms with E-state index in [0.717, 1.165) is 27.8 Å². The van der Waals surface area contributed by atoms with Crippen LogP contribution in [-0.4, -0.2) is 10.9 Å². The Morgan fingerprint density at radius 2 is 2.10 bits per heavy atom. The summed E-state index contributed by atoms with van der Waals surface area (Å²) < 4.78 is 0.917. The molecule has 21 heavy (non-hydrogen) atoms. The van der Waals surface area contributed by atoms with E-state index >= 15 is 0 Å². The van der Waals surface area contributed by atoms with Gasteiger partial charge in [0.15, 0.2) is 0 Å². The summed E-state index contributed by atoms with van der Waals surface area (Å²) in [5.41, 5.74) is 2.32. The van der Waals surface area contributed by atoms with Gasteiger partial charge in [-0.15, -0.1) is 11.3 Å². The predicted molar refractivity (Wildman–Crippen MR) is 90.2 cm³/mol. The molecule has 0 aromatic carbocycles. The first kappa shape index (κ1) is 14.7. The molecule has 0 atom stereocenters. The minimum Gasteiger partial charge on any atom is -0.306 e. The topological polar surface area (TPSA) is 42.0 Å². The highest BCUT2D eigenvalue weighted by Gasteiger charge is 2.17. The van der Waals surface area contributed by atoms with E-state index in [1.165, 1.54) is 29.7 Å². The molecule has 0 fully saturated rings. The number of aromatic nitrogens is 1. The number of nitrogens with one attached hydrogen (secondary N) is 1. The molecule has 3 rings (SSSR count). The van der Waals surface area contributed by atoms with E-state index < -0.39 is 0 Å². The van der Waals surface area contributed by atoms with Crippen molar-refractivity contribution in [3.8, 4) is 0 Å². The Labute approximate surface area is 136 Å². The average molecular weight is 365 g/mol. The molecule has 3 nitrogen and oxygen atoms in total. The number of anilines is 1. The van der Waals surface area contributed by atoms with Crippen molar-refractivity contribution in [2.45, 2.75) is 39.0 Å². The number of amides is 1. The van der Waals surface area contributed by atoms with E-state index in [0.29, 0.717) is 5.82 Å². The predicted octanol–water partition coefficient (Wildman–Crippen LogP) is 4.74.